The van der Waals surface area contributed by atoms with Crippen molar-refractivity contribution in [2.24, 2.45) is 0 Å². The number of pyridine rings is 2. The SMILES string of the molecule is C.COC(=O)c1cnc(Cl)cn1.COC(=O)c1cnc(OC)cn1.COc1cnc(CO)cn1.COc1cnc(COS(C)(=O)=O)cn1.COc1cnc(COc2ccc3c(c2)CN(c2ccncc2)C3)cn1.Oc1ccc2c(c1)CN(c1ccncc1)C2. The molecule has 468 valence electrons. The van der Waals surface area contributed by atoms with Gasteiger partial charge in [-0.1, -0.05) is 31.2 Å². The highest BCUT2D eigenvalue weighted by Gasteiger charge is 2.21. The molecule has 0 saturated heterocycles. The van der Waals surface area contributed by atoms with Crippen LogP contribution >= 0.6 is 11.6 Å². The third-order valence-electron chi connectivity index (χ3n) is 11.8. The van der Waals surface area contributed by atoms with Crippen molar-refractivity contribution >= 4 is 45.0 Å². The number of ether oxygens (including phenoxy) is 7. The van der Waals surface area contributed by atoms with Gasteiger partial charge in [-0.3, -0.25) is 29.1 Å². The second-order valence-electron chi connectivity index (χ2n) is 17.7. The standard InChI is InChI=1S/C19H18N4O2.C13H12N2O.C7H10N2O4S.C7H8N2O3.C6H5ClN2O2.C6H8N2O2.CH4/c1-24-19-10-21-16(9-22-19)13-25-18-3-2-14-11-23(12-15(14)8-18)17-4-6-20-7-5-17;16-13-2-1-10-8-15(9-11(10)7-13)12-3-5-14-6-4-12;1-12-7-4-8-6(3-9-7)5-13-14(2,10)11;1-11-6-4-8-5(3-9-6)7(10)12-2;1-11-6(10)4-2-9-5(7)3-8-4;1-10-6-3-7-5(4-9)2-8-6;/h2-10H,11-13H2,1H3;1-7,16H,8-9H2;3-4H,5H2,1-2H3;3-4H,1-2H3;2-3H,1H3;2-3,9H,4H2,1H3;1H4. The number of benzene rings is 2. The fourth-order valence-corrected chi connectivity index (χ4v) is 7.80. The van der Waals surface area contributed by atoms with Gasteiger partial charge in [0.15, 0.2) is 11.4 Å². The first kappa shape index (κ1) is 69.4. The first-order valence-corrected chi connectivity index (χ1v) is 28.1. The average Bonchev–Trinajstić information content (AvgIpc) is 2.49. The second-order valence-corrected chi connectivity index (χ2v) is 19.8. The molecule has 2 aromatic carbocycles. The molecule has 9 aromatic rings. The number of carbonyl (C=O) groups is 2. The van der Waals surface area contributed by atoms with Gasteiger partial charge in [-0.15, -0.1) is 0 Å². The summed E-state index contributed by atoms with van der Waals surface area (Å²) in [7, 11) is 5.15. The van der Waals surface area contributed by atoms with Crippen LogP contribution in [-0.4, -0.2) is 139 Å². The Labute approximate surface area is 518 Å². The zero-order chi connectivity index (χ0) is 63.3. The van der Waals surface area contributed by atoms with E-state index in [1.807, 2.05) is 54.9 Å². The minimum absolute atomic E-state index is 0. The maximum Gasteiger partial charge on any atom is 0.358 e. The van der Waals surface area contributed by atoms with Gasteiger partial charge in [-0.25, -0.2) is 44.5 Å². The summed E-state index contributed by atoms with van der Waals surface area (Å²) >= 11 is 5.43. The van der Waals surface area contributed by atoms with Crippen LogP contribution in [0.3, 0.4) is 0 Å². The molecule has 0 spiro atoms. The Balaban J connectivity index is 0.000000201. The minimum atomic E-state index is -3.44. The summed E-state index contributed by atoms with van der Waals surface area (Å²) in [5, 5.41) is 18.2. The van der Waals surface area contributed by atoms with Crippen molar-refractivity contribution < 1.29 is 65.6 Å². The van der Waals surface area contributed by atoms with Crippen molar-refractivity contribution in [2.75, 3.05) is 58.7 Å². The second kappa shape index (κ2) is 35.9. The molecule has 9 heterocycles. The molecule has 0 saturated carbocycles. The Bertz CT molecular complexity index is 3670. The molecule has 28 nitrogen and oxygen atoms in total. The number of aromatic hydroxyl groups is 1. The Morgan fingerprint density at radius 2 is 0.921 bits per heavy atom. The molecular formula is C59H65ClN14O14S. The number of hydrogen-bond acceptors (Lipinski definition) is 28. The van der Waals surface area contributed by atoms with Gasteiger partial charge >= 0.3 is 11.9 Å². The van der Waals surface area contributed by atoms with E-state index in [9.17, 15) is 23.1 Å². The Hall–Kier alpha value is -10.4. The van der Waals surface area contributed by atoms with Gasteiger partial charge in [0.2, 0.25) is 23.5 Å². The van der Waals surface area contributed by atoms with Crippen molar-refractivity contribution in [3.63, 3.8) is 0 Å². The summed E-state index contributed by atoms with van der Waals surface area (Å²) in [6.45, 7) is 3.71. The van der Waals surface area contributed by atoms with Crippen LogP contribution in [0.15, 0.2) is 147 Å². The number of phenolic OH excluding ortho intramolecular Hbond substituents is 1. The van der Waals surface area contributed by atoms with E-state index in [4.69, 9.17) is 40.4 Å². The number of methoxy groups -OCH3 is 6. The number of halogens is 1. The number of aromatic nitrogens is 12. The molecule has 0 amide bonds. The average molecular weight is 1260 g/mol. The Morgan fingerprint density at radius 3 is 1.33 bits per heavy atom. The topological polar surface area (TPSA) is 344 Å². The first-order chi connectivity index (χ1) is 42.5. The van der Waals surface area contributed by atoms with Gasteiger partial charge < -0.3 is 53.2 Å². The highest BCUT2D eigenvalue weighted by Crippen LogP contribution is 2.32. The van der Waals surface area contributed by atoms with E-state index in [-0.39, 0.29) is 37.2 Å². The van der Waals surface area contributed by atoms with Gasteiger partial charge in [-0.2, -0.15) is 8.42 Å². The summed E-state index contributed by atoms with van der Waals surface area (Å²) < 4.78 is 59.8. The predicted molar refractivity (Wildman–Crippen MR) is 323 cm³/mol. The summed E-state index contributed by atoms with van der Waals surface area (Å²) in [4.78, 5) is 72.9. The molecule has 0 fully saturated rings. The van der Waals surface area contributed by atoms with Crippen LogP contribution in [0.25, 0.3) is 0 Å². The monoisotopic (exact) mass is 1260 g/mol. The quantitative estimate of drug-likeness (QED) is 0.0766. The van der Waals surface area contributed by atoms with E-state index in [1.165, 1.54) is 119 Å². The van der Waals surface area contributed by atoms with Gasteiger partial charge in [0.1, 0.15) is 29.9 Å². The molecule has 2 aliphatic heterocycles. The van der Waals surface area contributed by atoms with Crippen LogP contribution in [0.1, 0.15) is 67.7 Å². The molecule has 7 aromatic heterocycles. The van der Waals surface area contributed by atoms with Crippen LogP contribution in [-0.2, 0) is 69.8 Å². The van der Waals surface area contributed by atoms with Crippen LogP contribution in [0.2, 0.25) is 5.15 Å². The van der Waals surface area contributed by atoms with E-state index >= 15 is 0 Å². The maximum atomic E-state index is 10.8. The zero-order valence-corrected chi connectivity index (χ0v) is 50.2. The minimum Gasteiger partial charge on any atom is -0.508 e. The number of aliphatic hydroxyl groups is 1. The van der Waals surface area contributed by atoms with Crippen LogP contribution in [0, 0.1) is 0 Å². The number of aliphatic hydroxyl groups excluding tert-OH is 1. The maximum absolute atomic E-state index is 10.8. The summed E-state index contributed by atoms with van der Waals surface area (Å²) in [5.41, 5.74) is 9.51. The lowest BCUT2D eigenvalue weighted by molar-refractivity contribution is 0.0584. The molecule has 0 unspecified atom stereocenters. The fourth-order valence-electron chi connectivity index (χ4n) is 7.37. The van der Waals surface area contributed by atoms with Gasteiger partial charge in [0.05, 0.1) is 135 Å². The summed E-state index contributed by atoms with van der Waals surface area (Å²) in [5.74, 6) is 1.84. The molecule has 2 aliphatic rings. The van der Waals surface area contributed by atoms with E-state index < -0.39 is 22.1 Å². The number of carbonyl (C=O) groups excluding carboxylic acids is 2. The molecule has 0 radical (unpaired) electrons. The summed E-state index contributed by atoms with van der Waals surface area (Å²) in [6.07, 6.45) is 22.4. The van der Waals surface area contributed by atoms with Crippen molar-refractivity contribution in [1.82, 2.24) is 59.8 Å². The highest BCUT2D eigenvalue weighted by atomic mass is 35.5. The van der Waals surface area contributed by atoms with E-state index in [0.717, 1.165) is 43.9 Å². The van der Waals surface area contributed by atoms with Gasteiger partial charge in [0.25, 0.3) is 10.1 Å². The third-order valence-corrected chi connectivity index (χ3v) is 12.5. The molecule has 0 atom stereocenters. The zero-order valence-electron chi connectivity index (χ0n) is 48.6. The van der Waals surface area contributed by atoms with Crippen LogP contribution < -0.4 is 33.5 Å². The molecule has 0 aliphatic carbocycles. The van der Waals surface area contributed by atoms with E-state index in [0.29, 0.717) is 47.3 Å². The largest absolute Gasteiger partial charge is 0.508 e. The first-order valence-electron chi connectivity index (χ1n) is 25.9. The molecule has 30 heteroatoms. The van der Waals surface area contributed by atoms with Crippen LogP contribution in [0.5, 0.6) is 35.0 Å². The lowest BCUT2D eigenvalue weighted by Gasteiger charge is -2.16. The smallest absolute Gasteiger partial charge is 0.358 e. The van der Waals surface area contributed by atoms with E-state index in [2.05, 4.69) is 95.4 Å². The molecular weight excluding hydrogens is 1200 g/mol. The molecule has 89 heavy (non-hydrogen) atoms. The number of esters is 2. The van der Waals surface area contributed by atoms with Crippen LogP contribution in [0.4, 0.5) is 11.4 Å². The van der Waals surface area contributed by atoms with Gasteiger partial charge in [0, 0.05) is 62.3 Å². The molecule has 0 bridgehead atoms. The van der Waals surface area contributed by atoms with Crippen molar-refractivity contribution in [3.8, 4) is 35.0 Å². The Kier molecular flexibility index (Phi) is 28.0. The number of rotatable bonds is 15. The van der Waals surface area contributed by atoms with Crippen molar-refractivity contribution in [1.29, 1.82) is 0 Å². The number of anilines is 2. The molecule has 2 N–H and O–H groups in total. The van der Waals surface area contributed by atoms with E-state index in [1.54, 1.807) is 38.0 Å². The molecule has 11 rings (SSSR count). The fraction of sp³-hybridized carbons (Fsp3) is 0.254. The third kappa shape index (κ3) is 23.1. The van der Waals surface area contributed by atoms with Crippen molar-refractivity contribution in [3.05, 3.63) is 203 Å². The lowest BCUT2D eigenvalue weighted by atomic mass is 10.1. The number of hydrogen-bond donors (Lipinski definition) is 2. The highest BCUT2D eigenvalue weighted by molar-refractivity contribution is 7.85. The number of fused-ring (bicyclic) bond motifs is 2. The van der Waals surface area contributed by atoms with Crippen molar-refractivity contribution in [2.45, 2.75) is 53.4 Å². The number of phenols is 1. The summed E-state index contributed by atoms with van der Waals surface area (Å²) in [6, 6.07) is 19.9. The Morgan fingerprint density at radius 1 is 0.506 bits per heavy atom. The van der Waals surface area contributed by atoms with Gasteiger partial charge in [-0.05, 0) is 70.8 Å². The normalized spacial score (nSPS) is 11.3. The lowest BCUT2D eigenvalue weighted by Crippen LogP contribution is -2.14. The predicted octanol–water partition coefficient (Wildman–Crippen LogP) is 7.05. The number of nitrogens with zero attached hydrogens (tertiary/aromatic N) is 14.